The standard InChI is InChI=1S/C13H9BrClN3O3/c1-7-4-11(15)9(6-16-7)13(19)17-12-3-2-8(18(20)21)5-10(12)14/h2-6H,1H3,(H,17,19). The van der Waals surface area contributed by atoms with Crippen LogP contribution < -0.4 is 5.32 Å². The molecule has 2 rings (SSSR count). The number of benzene rings is 1. The van der Waals surface area contributed by atoms with Crippen molar-refractivity contribution in [1.82, 2.24) is 4.98 Å². The lowest BCUT2D eigenvalue weighted by molar-refractivity contribution is -0.384. The van der Waals surface area contributed by atoms with Crippen LogP contribution in [0.15, 0.2) is 34.9 Å². The monoisotopic (exact) mass is 369 g/mol. The van der Waals surface area contributed by atoms with E-state index in [1.807, 2.05) is 0 Å². The summed E-state index contributed by atoms with van der Waals surface area (Å²) in [7, 11) is 0. The Morgan fingerprint density at radius 1 is 1.43 bits per heavy atom. The van der Waals surface area contributed by atoms with Crippen LogP contribution in [-0.4, -0.2) is 15.8 Å². The van der Waals surface area contributed by atoms with Gasteiger partial charge in [0.15, 0.2) is 0 Å². The lowest BCUT2D eigenvalue weighted by Gasteiger charge is -2.08. The number of aryl methyl sites for hydroxylation is 1. The minimum atomic E-state index is -0.517. The van der Waals surface area contributed by atoms with Gasteiger partial charge < -0.3 is 5.32 Å². The van der Waals surface area contributed by atoms with Gasteiger partial charge in [0.1, 0.15) is 0 Å². The maximum absolute atomic E-state index is 12.1. The van der Waals surface area contributed by atoms with Crippen molar-refractivity contribution in [3.8, 4) is 0 Å². The summed E-state index contributed by atoms with van der Waals surface area (Å²) in [4.78, 5) is 26.3. The van der Waals surface area contributed by atoms with Gasteiger partial charge in [-0.25, -0.2) is 0 Å². The molecule has 0 saturated carbocycles. The Kier molecular flexibility index (Phi) is 4.54. The lowest BCUT2D eigenvalue weighted by atomic mass is 10.2. The normalized spacial score (nSPS) is 10.2. The SMILES string of the molecule is Cc1cc(Cl)c(C(=O)Nc2ccc([N+](=O)[O-])cc2Br)cn1. The predicted octanol–water partition coefficient (Wildman–Crippen LogP) is 3.97. The molecule has 0 unspecified atom stereocenters. The van der Waals surface area contributed by atoms with E-state index in [1.54, 1.807) is 13.0 Å². The molecule has 6 nitrogen and oxygen atoms in total. The number of rotatable bonds is 3. The van der Waals surface area contributed by atoms with Crippen molar-refractivity contribution in [3.63, 3.8) is 0 Å². The zero-order valence-electron chi connectivity index (χ0n) is 10.8. The highest BCUT2D eigenvalue weighted by Gasteiger charge is 2.15. The van der Waals surface area contributed by atoms with Crippen molar-refractivity contribution in [2.75, 3.05) is 5.32 Å². The molecule has 0 bridgehead atoms. The Morgan fingerprint density at radius 2 is 2.14 bits per heavy atom. The summed E-state index contributed by atoms with van der Waals surface area (Å²) in [5.74, 6) is -0.443. The van der Waals surface area contributed by atoms with E-state index in [2.05, 4.69) is 26.2 Å². The zero-order chi connectivity index (χ0) is 15.6. The quantitative estimate of drug-likeness (QED) is 0.654. The molecular weight excluding hydrogens is 362 g/mol. The highest BCUT2D eigenvalue weighted by Crippen LogP contribution is 2.28. The molecule has 0 saturated heterocycles. The number of hydrogen-bond donors (Lipinski definition) is 1. The van der Waals surface area contributed by atoms with Crippen LogP contribution in [0.3, 0.4) is 0 Å². The van der Waals surface area contributed by atoms with Crippen molar-refractivity contribution >= 4 is 44.8 Å². The predicted molar refractivity (Wildman–Crippen MR) is 82.7 cm³/mol. The van der Waals surface area contributed by atoms with E-state index in [1.165, 1.54) is 24.4 Å². The summed E-state index contributed by atoms with van der Waals surface area (Å²) in [6, 6.07) is 5.64. The fraction of sp³-hybridized carbons (Fsp3) is 0.0769. The lowest BCUT2D eigenvalue weighted by Crippen LogP contribution is -2.13. The molecular formula is C13H9BrClN3O3. The molecule has 2 aromatic rings. The van der Waals surface area contributed by atoms with Crippen LogP contribution >= 0.6 is 27.5 Å². The summed E-state index contributed by atoms with van der Waals surface area (Å²) in [5, 5.41) is 13.6. The van der Waals surface area contributed by atoms with Gasteiger partial charge in [-0.15, -0.1) is 0 Å². The molecule has 0 atom stereocenters. The van der Waals surface area contributed by atoms with Crippen LogP contribution in [0, 0.1) is 17.0 Å². The minimum Gasteiger partial charge on any atom is -0.321 e. The molecule has 1 amide bonds. The summed E-state index contributed by atoms with van der Waals surface area (Å²) in [6.45, 7) is 1.76. The average Bonchev–Trinajstić information content (AvgIpc) is 2.40. The molecule has 0 aliphatic heterocycles. The van der Waals surface area contributed by atoms with Gasteiger partial charge in [0.05, 0.1) is 21.2 Å². The number of carbonyl (C=O) groups is 1. The van der Waals surface area contributed by atoms with Gasteiger partial charge in [-0.3, -0.25) is 19.9 Å². The number of hydrogen-bond acceptors (Lipinski definition) is 4. The first-order valence-corrected chi connectivity index (χ1v) is 6.93. The number of pyridine rings is 1. The van der Waals surface area contributed by atoms with E-state index in [9.17, 15) is 14.9 Å². The number of nitro groups is 1. The fourth-order valence-electron chi connectivity index (χ4n) is 1.60. The largest absolute Gasteiger partial charge is 0.321 e. The smallest absolute Gasteiger partial charge is 0.270 e. The van der Waals surface area contributed by atoms with Gasteiger partial charge in [-0.1, -0.05) is 11.6 Å². The summed E-state index contributed by atoms with van der Waals surface area (Å²) in [5.41, 5.74) is 1.26. The van der Waals surface area contributed by atoms with Gasteiger partial charge in [0, 0.05) is 28.5 Å². The van der Waals surface area contributed by atoms with Gasteiger partial charge >= 0.3 is 0 Å². The van der Waals surface area contributed by atoms with Gasteiger partial charge in [-0.2, -0.15) is 0 Å². The van der Waals surface area contributed by atoms with Crippen LogP contribution in [0.5, 0.6) is 0 Å². The molecule has 108 valence electrons. The van der Waals surface area contributed by atoms with Crippen LogP contribution in [0.4, 0.5) is 11.4 Å². The second-order valence-electron chi connectivity index (χ2n) is 4.18. The fourth-order valence-corrected chi connectivity index (χ4v) is 2.36. The number of nitrogens with zero attached hydrogens (tertiary/aromatic N) is 2. The molecule has 0 radical (unpaired) electrons. The van der Waals surface area contributed by atoms with E-state index < -0.39 is 10.8 Å². The zero-order valence-corrected chi connectivity index (χ0v) is 13.1. The van der Waals surface area contributed by atoms with Gasteiger partial charge in [-0.05, 0) is 35.0 Å². The van der Waals surface area contributed by atoms with Crippen molar-refractivity contribution in [3.05, 3.63) is 61.3 Å². The van der Waals surface area contributed by atoms with Crippen LogP contribution in [0.2, 0.25) is 5.02 Å². The average molecular weight is 371 g/mol. The molecule has 1 aromatic heterocycles. The van der Waals surface area contributed by atoms with E-state index in [-0.39, 0.29) is 16.3 Å². The van der Waals surface area contributed by atoms with Crippen LogP contribution in [-0.2, 0) is 0 Å². The molecule has 21 heavy (non-hydrogen) atoms. The Balaban J connectivity index is 2.25. The number of anilines is 1. The van der Waals surface area contributed by atoms with Crippen LogP contribution in [0.25, 0.3) is 0 Å². The van der Waals surface area contributed by atoms with E-state index in [0.29, 0.717) is 15.9 Å². The molecule has 0 spiro atoms. The first kappa shape index (κ1) is 15.4. The summed E-state index contributed by atoms with van der Waals surface area (Å²) < 4.78 is 0.404. The van der Waals surface area contributed by atoms with Crippen LogP contribution in [0.1, 0.15) is 16.1 Å². The Bertz CT molecular complexity index is 737. The molecule has 0 aliphatic rings. The van der Waals surface area contributed by atoms with Crippen molar-refractivity contribution in [1.29, 1.82) is 0 Å². The first-order valence-electron chi connectivity index (χ1n) is 5.76. The van der Waals surface area contributed by atoms with Crippen molar-refractivity contribution in [2.45, 2.75) is 6.92 Å². The number of carbonyl (C=O) groups excluding carboxylic acids is 1. The van der Waals surface area contributed by atoms with Gasteiger partial charge in [0.25, 0.3) is 11.6 Å². The maximum Gasteiger partial charge on any atom is 0.270 e. The summed E-state index contributed by atoms with van der Waals surface area (Å²) in [6.07, 6.45) is 1.38. The third-order valence-corrected chi connectivity index (χ3v) is 3.62. The molecule has 8 heteroatoms. The Morgan fingerprint density at radius 3 is 2.71 bits per heavy atom. The minimum absolute atomic E-state index is 0.0742. The number of amides is 1. The number of nitrogens with one attached hydrogen (secondary N) is 1. The number of nitro benzene ring substituents is 1. The first-order chi connectivity index (χ1) is 9.88. The third kappa shape index (κ3) is 3.56. The molecule has 0 aliphatic carbocycles. The van der Waals surface area contributed by atoms with E-state index in [0.717, 1.165) is 0 Å². The maximum atomic E-state index is 12.1. The highest BCUT2D eigenvalue weighted by molar-refractivity contribution is 9.10. The van der Waals surface area contributed by atoms with E-state index in [4.69, 9.17) is 11.6 Å². The second kappa shape index (κ2) is 6.19. The number of non-ortho nitro benzene ring substituents is 1. The molecule has 1 N–H and O–H groups in total. The molecule has 0 fully saturated rings. The Labute approximate surface area is 133 Å². The second-order valence-corrected chi connectivity index (χ2v) is 5.44. The Hall–Kier alpha value is -1.99. The van der Waals surface area contributed by atoms with Crippen molar-refractivity contribution < 1.29 is 9.72 Å². The van der Waals surface area contributed by atoms with Gasteiger partial charge in [0.2, 0.25) is 0 Å². The summed E-state index contributed by atoms with van der Waals surface area (Å²) >= 11 is 9.17. The van der Waals surface area contributed by atoms with E-state index >= 15 is 0 Å². The highest BCUT2D eigenvalue weighted by atomic mass is 79.9. The molecule has 1 heterocycles. The number of halogens is 2. The third-order valence-electron chi connectivity index (χ3n) is 2.65. The van der Waals surface area contributed by atoms with Crippen molar-refractivity contribution in [2.24, 2.45) is 0 Å². The topological polar surface area (TPSA) is 85.1 Å². The number of aromatic nitrogens is 1. The molecule has 1 aromatic carbocycles.